The fraction of sp³-hybridized carbons (Fsp3) is 0.474. The smallest absolute Gasteiger partial charge is 0.337 e. The van der Waals surface area contributed by atoms with E-state index in [1.165, 1.54) is 5.56 Å². The molecule has 2 aliphatic rings. The summed E-state index contributed by atoms with van der Waals surface area (Å²) < 4.78 is 5.20. The lowest BCUT2D eigenvalue weighted by atomic mass is 9.95. The summed E-state index contributed by atoms with van der Waals surface area (Å²) in [5.74, 6) is -0.379. The van der Waals surface area contributed by atoms with Gasteiger partial charge in [0.25, 0.3) is 0 Å². The van der Waals surface area contributed by atoms with Crippen molar-refractivity contribution < 1.29 is 14.3 Å². The van der Waals surface area contributed by atoms with Crippen LogP contribution in [0.2, 0.25) is 0 Å². The maximum Gasteiger partial charge on any atom is 0.337 e. The SMILES string of the molecule is CCOC(=O)C1=C(CN2c3ccccc3CC[C@H]2C)NC(=O)N[C@@H]1C. The molecule has 0 saturated heterocycles. The van der Waals surface area contributed by atoms with E-state index in [4.69, 9.17) is 4.74 Å². The number of fused-ring (bicyclic) bond motifs is 1. The number of rotatable bonds is 4. The van der Waals surface area contributed by atoms with Gasteiger partial charge in [-0.1, -0.05) is 18.2 Å². The van der Waals surface area contributed by atoms with E-state index in [0.29, 0.717) is 30.5 Å². The molecule has 1 aromatic carbocycles. The lowest BCUT2D eigenvalue weighted by Crippen LogP contribution is -2.52. The van der Waals surface area contributed by atoms with Gasteiger partial charge in [-0.3, -0.25) is 0 Å². The van der Waals surface area contributed by atoms with Gasteiger partial charge in [0, 0.05) is 11.7 Å². The van der Waals surface area contributed by atoms with Gasteiger partial charge >= 0.3 is 12.0 Å². The number of nitrogens with zero attached hydrogens (tertiary/aromatic N) is 1. The molecule has 3 rings (SSSR count). The minimum Gasteiger partial charge on any atom is -0.463 e. The summed E-state index contributed by atoms with van der Waals surface area (Å²) in [6.45, 7) is 6.54. The Morgan fingerprint density at radius 3 is 2.84 bits per heavy atom. The van der Waals surface area contributed by atoms with Gasteiger partial charge in [0.15, 0.2) is 0 Å². The van der Waals surface area contributed by atoms with Crippen molar-refractivity contribution in [2.45, 2.75) is 45.7 Å². The average Bonchev–Trinajstić information content (AvgIpc) is 2.57. The number of ether oxygens (including phenoxy) is 1. The first-order valence-corrected chi connectivity index (χ1v) is 8.83. The number of carbonyl (C=O) groups excluding carboxylic acids is 2. The molecule has 134 valence electrons. The molecule has 2 heterocycles. The predicted octanol–water partition coefficient (Wildman–Crippen LogP) is 2.35. The highest BCUT2D eigenvalue weighted by molar-refractivity contribution is 5.95. The normalized spacial score (nSPS) is 22.8. The van der Waals surface area contributed by atoms with E-state index in [1.807, 2.05) is 12.1 Å². The minimum absolute atomic E-state index is 0.284. The van der Waals surface area contributed by atoms with Gasteiger partial charge in [0.1, 0.15) is 0 Å². The zero-order valence-corrected chi connectivity index (χ0v) is 15.0. The van der Waals surface area contributed by atoms with Crippen LogP contribution in [0.1, 0.15) is 32.8 Å². The molecule has 2 aliphatic heterocycles. The quantitative estimate of drug-likeness (QED) is 0.823. The van der Waals surface area contributed by atoms with E-state index in [0.717, 1.165) is 18.5 Å². The predicted molar refractivity (Wildman–Crippen MR) is 96.4 cm³/mol. The van der Waals surface area contributed by atoms with Crippen molar-refractivity contribution in [2.24, 2.45) is 0 Å². The van der Waals surface area contributed by atoms with E-state index in [-0.39, 0.29) is 18.0 Å². The number of hydrogen-bond donors (Lipinski definition) is 2. The maximum atomic E-state index is 12.4. The summed E-state index contributed by atoms with van der Waals surface area (Å²) in [5.41, 5.74) is 3.58. The van der Waals surface area contributed by atoms with Crippen LogP contribution in [0.15, 0.2) is 35.5 Å². The monoisotopic (exact) mass is 343 g/mol. The van der Waals surface area contributed by atoms with E-state index in [9.17, 15) is 9.59 Å². The molecule has 0 unspecified atom stereocenters. The van der Waals surface area contributed by atoms with Crippen molar-refractivity contribution >= 4 is 17.7 Å². The van der Waals surface area contributed by atoms with Crippen LogP contribution in [0.3, 0.4) is 0 Å². The first-order chi connectivity index (χ1) is 12.0. The summed E-state index contributed by atoms with van der Waals surface area (Å²) in [6, 6.07) is 7.97. The van der Waals surface area contributed by atoms with Gasteiger partial charge in [0.05, 0.1) is 30.5 Å². The van der Waals surface area contributed by atoms with Crippen LogP contribution in [0.5, 0.6) is 0 Å². The third kappa shape index (κ3) is 3.48. The molecule has 6 nitrogen and oxygen atoms in total. The van der Waals surface area contributed by atoms with Gasteiger partial charge in [-0.15, -0.1) is 0 Å². The van der Waals surface area contributed by atoms with Crippen LogP contribution in [-0.2, 0) is 16.0 Å². The second kappa shape index (κ2) is 7.17. The van der Waals surface area contributed by atoms with Crippen molar-refractivity contribution in [3.8, 4) is 0 Å². The Hall–Kier alpha value is -2.50. The number of para-hydroxylation sites is 1. The fourth-order valence-electron chi connectivity index (χ4n) is 3.58. The molecule has 0 bridgehead atoms. The second-order valence-electron chi connectivity index (χ2n) is 6.58. The Balaban J connectivity index is 1.96. The summed E-state index contributed by atoms with van der Waals surface area (Å²) in [4.78, 5) is 26.6. The molecule has 25 heavy (non-hydrogen) atoms. The highest BCUT2D eigenvalue weighted by Gasteiger charge is 2.32. The van der Waals surface area contributed by atoms with Crippen LogP contribution in [0.4, 0.5) is 10.5 Å². The number of esters is 1. The Kier molecular flexibility index (Phi) is 4.97. The Morgan fingerprint density at radius 2 is 2.08 bits per heavy atom. The average molecular weight is 343 g/mol. The number of benzene rings is 1. The van der Waals surface area contributed by atoms with Crippen molar-refractivity contribution in [3.05, 3.63) is 41.1 Å². The number of nitrogens with one attached hydrogen (secondary N) is 2. The largest absolute Gasteiger partial charge is 0.463 e. The summed E-state index contributed by atoms with van der Waals surface area (Å²) in [6.07, 6.45) is 2.09. The fourth-order valence-corrected chi connectivity index (χ4v) is 3.58. The Bertz CT molecular complexity index is 714. The number of carbonyl (C=O) groups is 2. The summed E-state index contributed by atoms with van der Waals surface area (Å²) in [5, 5.41) is 5.56. The first kappa shape index (κ1) is 17.3. The molecule has 0 fully saturated rings. The van der Waals surface area contributed by atoms with Gasteiger partial charge in [-0.05, 0) is 45.2 Å². The Morgan fingerprint density at radius 1 is 1.32 bits per heavy atom. The number of amides is 2. The molecule has 0 radical (unpaired) electrons. The number of anilines is 1. The standard InChI is InChI=1S/C19H25N3O3/c1-4-25-18(23)17-13(3)20-19(24)21-15(17)11-22-12(2)9-10-14-7-5-6-8-16(14)22/h5-8,12-13H,4,9-11H2,1-3H3,(H2,20,21,24)/t12-,13-/m1/s1. The second-order valence-corrected chi connectivity index (χ2v) is 6.58. The van der Waals surface area contributed by atoms with Crippen LogP contribution >= 0.6 is 0 Å². The van der Waals surface area contributed by atoms with Gasteiger partial charge in [0.2, 0.25) is 0 Å². The summed E-state index contributed by atoms with van der Waals surface area (Å²) in [7, 11) is 0. The molecule has 6 heteroatoms. The molecular formula is C19H25N3O3. The molecule has 2 atom stereocenters. The third-order valence-electron chi connectivity index (χ3n) is 4.86. The van der Waals surface area contributed by atoms with Gasteiger partial charge in [-0.2, -0.15) is 0 Å². The molecule has 2 amide bonds. The van der Waals surface area contributed by atoms with Crippen LogP contribution in [0.25, 0.3) is 0 Å². The van der Waals surface area contributed by atoms with Crippen LogP contribution in [-0.4, -0.2) is 37.2 Å². The van der Waals surface area contributed by atoms with Crippen molar-refractivity contribution in [1.29, 1.82) is 0 Å². The molecule has 0 saturated carbocycles. The highest BCUT2D eigenvalue weighted by Crippen LogP contribution is 2.31. The molecule has 0 spiro atoms. The zero-order chi connectivity index (χ0) is 18.0. The maximum absolute atomic E-state index is 12.4. The highest BCUT2D eigenvalue weighted by atomic mass is 16.5. The van der Waals surface area contributed by atoms with E-state index in [2.05, 4.69) is 34.6 Å². The van der Waals surface area contributed by atoms with E-state index in [1.54, 1.807) is 13.8 Å². The topological polar surface area (TPSA) is 70.7 Å². The lowest BCUT2D eigenvalue weighted by molar-refractivity contribution is -0.139. The summed E-state index contributed by atoms with van der Waals surface area (Å²) >= 11 is 0. The zero-order valence-electron chi connectivity index (χ0n) is 15.0. The first-order valence-electron chi connectivity index (χ1n) is 8.83. The van der Waals surface area contributed by atoms with Crippen molar-refractivity contribution in [1.82, 2.24) is 10.6 Å². The van der Waals surface area contributed by atoms with E-state index >= 15 is 0 Å². The van der Waals surface area contributed by atoms with Crippen molar-refractivity contribution in [3.63, 3.8) is 0 Å². The van der Waals surface area contributed by atoms with Gasteiger partial charge in [-0.25, -0.2) is 9.59 Å². The molecule has 0 aromatic heterocycles. The third-order valence-corrected chi connectivity index (χ3v) is 4.86. The molecular weight excluding hydrogens is 318 g/mol. The van der Waals surface area contributed by atoms with Crippen LogP contribution in [0, 0.1) is 0 Å². The minimum atomic E-state index is -0.379. The van der Waals surface area contributed by atoms with Gasteiger partial charge < -0.3 is 20.3 Å². The number of hydrogen-bond acceptors (Lipinski definition) is 4. The molecule has 0 aliphatic carbocycles. The lowest BCUT2D eigenvalue weighted by Gasteiger charge is -2.39. The molecule has 2 N–H and O–H groups in total. The Labute approximate surface area is 148 Å². The number of aryl methyl sites for hydroxylation is 1. The van der Waals surface area contributed by atoms with Crippen LogP contribution < -0.4 is 15.5 Å². The van der Waals surface area contributed by atoms with Crippen molar-refractivity contribution in [2.75, 3.05) is 18.1 Å². The van der Waals surface area contributed by atoms with E-state index < -0.39 is 0 Å². The number of urea groups is 1. The molecule has 1 aromatic rings.